The molecule has 0 aliphatic carbocycles. The lowest BCUT2D eigenvalue weighted by Crippen LogP contribution is -2.55. The Balaban J connectivity index is 1.58. The molecule has 6 rings (SSSR count). The first-order valence-electron chi connectivity index (χ1n) is 15.7. The number of anilines is 1. The first-order chi connectivity index (χ1) is 22.3. The highest BCUT2D eigenvalue weighted by molar-refractivity contribution is 6.03. The summed E-state index contributed by atoms with van der Waals surface area (Å²) in [5.41, 5.74) is 3.60. The number of urea groups is 1. The minimum Gasteiger partial charge on any atom is -0.497 e. The first-order valence-corrected chi connectivity index (χ1v) is 15.7. The molecule has 0 spiro atoms. The Morgan fingerprint density at radius 3 is 2.22 bits per heavy atom. The van der Waals surface area contributed by atoms with E-state index in [9.17, 15) is 14.4 Å². The average molecular weight is 621 g/mol. The molecular formula is C37H40N4O5. The molecule has 9 heteroatoms. The molecule has 3 aromatic carbocycles. The number of ether oxygens (including phenoxy) is 1. The maximum Gasteiger partial charge on any atom is 0.323 e. The Kier molecular flexibility index (Phi) is 8.94. The molecule has 0 bridgehead atoms. The van der Waals surface area contributed by atoms with Crippen LogP contribution in [0.15, 0.2) is 89.3 Å². The van der Waals surface area contributed by atoms with Gasteiger partial charge in [-0.25, -0.2) is 4.79 Å². The highest BCUT2D eigenvalue weighted by atomic mass is 16.5. The number of piperazine rings is 1. The van der Waals surface area contributed by atoms with E-state index in [1.165, 1.54) is 0 Å². The van der Waals surface area contributed by atoms with Gasteiger partial charge in [0.05, 0.1) is 24.6 Å². The van der Waals surface area contributed by atoms with Gasteiger partial charge in [-0.2, -0.15) is 0 Å². The van der Waals surface area contributed by atoms with Crippen LogP contribution in [-0.2, 0) is 4.79 Å². The zero-order valence-corrected chi connectivity index (χ0v) is 26.7. The third kappa shape index (κ3) is 6.02. The molecule has 238 valence electrons. The molecule has 4 atom stereocenters. The second-order valence-corrected chi connectivity index (χ2v) is 12.1. The molecule has 0 radical (unpaired) electrons. The largest absolute Gasteiger partial charge is 0.497 e. The Hall–Kier alpha value is -4.89. The third-order valence-corrected chi connectivity index (χ3v) is 9.10. The van der Waals surface area contributed by atoms with Crippen LogP contribution in [0.1, 0.15) is 50.5 Å². The lowest BCUT2D eigenvalue weighted by atomic mass is 9.76. The number of amides is 3. The quantitative estimate of drug-likeness (QED) is 0.250. The van der Waals surface area contributed by atoms with Crippen LogP contribution in [0.4, 0.5) is 10.5 Å². The summed E-state index contributed by atoms with van der Waals surface area (Å²) < 4.78 is 11.3. The maximum atomic E-state index is 14.9. The van der Waals surface area contributed by atoms with Crippen molar-refractivity contribution in [3.63, 3.8) is 0 Å². The highest BCUT2D eigenvalue weighted by Crippen LogP contribution is 2.52. The molecule has 2 aliphatic heterocycles. The molecule has 9 nitrogen and oxygen atoms in total. The van der Waals surface area contributed by atoms with E-state index in [1.807, 2.05) is 97.6 Å². The van der Waals surface area contributed by atoms with Crippen molar-refractivity contribution in [2.45, 2.75) is 38.8 Å². The number of carbonyl (C=O) groups excluding carboxylic acids is 3. The van der Waals surface area contributed by atoms with Crippen LogP contribution in [-0.4, -0.2) is 66.9 Å². The van der Waals surface area contributed by atoms with E-state index in [-0.39, 0.29) is 11.7 Å². The number of methoxy groups -OCH3 is 1. The Labute approximate surface area is 269 Å². The van der Waals surface area contributed by atoms with E-state index in [2.05, 4.69) is 10.6 Å². The second kappa shape index (κ2) is 13.2. The van der Waals surface area contributed by atoms with Gasteiger partial charge in [-0.15, -0.1) is 0 Å². The molecule has 2 N–H and O–H groups in total. The van der Waals surface area contributed by atoms with Crippen molar-refractivity contribution in [2.24, 2.45) is 5.92 Å². The number of hydrogen-bond donors (Lipinski definition) is 2. The first kappa shape index (κ1) is 31.1. The lowest BCUT2D eigenvalue weighted by Gasteiger charge is -2.36. The van der Waals surface area contributed by atoms with Crippen LogP contribution in [0, 0.1) is 26.7 Å². The summed E-state index contributed by atoms with van der Waals surface area (Å²) in [6, 6.07) is 24.2. The van der Waals surface area contributed by atoms with E-state index in [0.717, 1.165) is 16.7 Å². The van der Waals surface area contributed by atoms with Gasteiger partial charge >= 0.3 is 6.03 Å². The van der Waals surface area contributed by atoms with Crippen LogP contribution in [0.5, 0.6) is 5.75 Å². The SMILES string of the molecule is COc1ccc(C2C(C(=O)c3cc(C)oc3C)C(c3ccccc3)N(C(=O)Nc3cccc(C)c3)C2C(=O)N2CCNCC2)cc1. The van der Waals surface area contributed by atoms with Gasteiger partial charge in [-0.05, 0) is 67.8 Å². The molecule has 1 aromatic heterocycles. The van der Waals surface area contributed by atoms with E-state index < -0.39 is 30.0 Å². The summed E-state index contributed by atoms with van der Waals surface area (Å²) >= 11 is 0. The number of nitrogens with zero attached hydrogens (tertiary/aromatic N) is 2. The van der Waals surface area contributed by atoms with Crippen LogP contribution < -0.4 is 15.4 Å². The van der Waals surface area contributed by atoms with Gasteiger partial charge in [0.2, 0.25) is 5.91 Å². The van der Waals surface area contributed by atoms with Crippen LogP contribution in [0.2, 0.25) is 0 Å². The van der Waals surface area contributed by atoms with Crippen molar-refractivity contribution in [3.05, 3.63) is 119 Å². The third-order valence-electron chi connectivity index (χ3n) is 9.10. The minimum absolute atomic E-state index is 0.173. The Morgan fingerprint density at radius 2 is 1.59 bits per heavy atom. The van der Waals surface area contributed by atoms with Gasteiger partial charge in [-0.1, -0.05) is 54.6 Å². The van der Waals surface area contributed by atoms with Crippen molar-refractivity contribution in [3.8, 4) is 5.75 Å². The molecule has 0 saturated carbocycles. The van der Waals surface area contributed by atoms with Crippen molar-refractivity contribution >= 4 is 23.4 Å². The Bertz CT molecular complexity index is 1710. The van der Waals surface area contributed by atoms with Gasteiger partial charge in [0.15, 0.2) is 5.78 Å². The number of likely N-dealkylation sites (tertiary alicyclic amines) is 1. The number of benzene rings is 3. The van der Waals surface area contributed by atoms with E-state index in [4.69, 9.17) is 9.15 Å². The van der Waals surface area contributed by atoms with E-state index in [1.54, 1.807) is 25.0 Å². The minimum atomic E-state index is -0.969. The normalized spacial score (nSPS) is 21.2. The van der Waals surface area contributed by atoms with Gasteiger partial charge in [0.25, 0.3) is 0 Å². The van der Waals surface area contributed by atoms with Crippen LogP contribution >= 0.6 is 0 Å². The predicted molar refractivity (Wildman–Crippen MR) is 176 cm³/mol. The van der Waals surface area contributed by atoms with Gasteiger partial charge in [0, 0.05) is 37.8 Å². The number of ketones is 1. The number of furan rings is 1. The standard InChI is InChI=1S/C37H40N4O5/c1-23-9-8-12-28(21-23)39-37(44)41-33(27-10-6-5-7-11-27)32(35(42)30-22-24(2)46-25(30)3)31(26-13-15-29(45-4)16-14-26)34(41)36(43)40-19-17-38-18-20-40/h5-16,21-22,31-34,38H,17-20H2,1-4H3,(H,39,44). The molecule has 2 fully saturated rings. The zero-order valence-electron chi connectivity index (χ0n) is 26.7. The number of aryl methyl sites for hydroxylation is 3. The van der Waals surface area contributed by atoms with Crippen LogP contribution in [0.25, 0.3) is 0 Å². The smallest absolute Gasteiger partial charge is 0.323 e. The van der Waals surface area contributed by atoms with Crippen molar-refractivity contribution < 1.29 is 23.5 Å². The number of carbonyl (C=O) groups is 3. The van der Waals surface area contributed by atoms with Crippen LogP contribution in [0.3, 0.4) is 0 Å². The fraction of sp³-hybridized carbons (Fsp3) is 0.324. The van der Waals surface area contributed by atoms with Gasteiger partial charge < -0.3 is 29.6 Å². The van der Waals surface area contributed by atoms with Gasteiger partial charge in [-0.3, -0.25) is 9.59 Å². The summed E-state index contributed by atoms with van der Waals surface area (Å²) in [5.74, 6) is -0.0277. The average Bonchev–Trinajstić information content (AvgIpc) is 3.61. The number of rotatable bonds is 7. The summed E-state index contributed by atoms with van der Waals surface area (Å²) in [6.07, 6.45) is 0. The second-order valence-electron chi connectivity index (χ2n) is 12.1. The number of nitrogens with one attached hydrogen (secondary N) is 2. The molecular weight excluding hydrogens is 580 g/mol. The summed E-state index contributed by atoms with van der Waals surface area (Å²) in [5, 5.41) is 6.39. The fourth-order valence-corrected chi connectivity index (χ4v) is 7.02. The predicted octanol–water partition coefficient (Wildman–Crippen LogP) is 5.89. The van der Waals surface area contributed by atoms with E-state index in [0.29, 0.717) is 54.7 Å². The summed E-state index contributed by atoms with van der Waals surface area (Å²) in [4.78, 5) is 47.8. The summed E-state index contributed by atoms with van der Waals surface area (Å²) in [7, 11) is 1.60. The summed E-state index contributed by atoms with van der Waals surface area (Å²) in [6.45, 7) is 7.86. The molecule has 2 saturated heterocycles. The molecule has 46 heavy (non-hydrogen) atoms. The Morgan fingerprint density at radius 1 is 0.870 bits per heavy atom. The molecule has 3 amide bonds. The topological polar surface area (TPSA) is 104 Å². The number of hydrogen-bond acceptors (Lipinski definition) is 6. The monoisotopic (exact) mass is 620 g/mol. The van der Waals surface area contributed by atoms with Crippen molar-refractivity contribution in [1.29, 1.82) is 0 Å². The molecule has 4 aromatic rings. The van der Waals surface area contributed by atoms with Crippen molar-refractivity contribution in [1.82, 2.24) is 15.1 Å². The highest BCUT2D eigenvalue weighted by Gasteiger charge is 2.58. The molecule has 3 heterocycles. The van der Waals surface area contributed by atoms with Gasteiger partial charge in [0.1, 0.15) is 23.3 Å². The maximum absolute atomic E-state index is 14.9. The fourth-order valence-electron chi connectivity index (χ4n) is 7.02. The zero-order chi connectivity index (χ0) is 32.4. The number of Topliss-reactive ketones (excluding diaryl/α,β-unsaturated/α-hetero) is 1. The lowest BCUT2D eigenvalue weighted by molar-refractivity contribution is -0.136. The molecule has 2 aliphatic rings. The van der Waals surface area contributed by atoms with Crippen molar-refractivity contribution in [2.75, 3.05) is 38.6 Å². The van der Waals surface area contributed by atoms with E-state index >= 15 is 0 Å². The molecule has 4 unspecified atom stereocenters.